The van der Waals surface area contributed by atoms with Crippen LogP contribution in [0.4, 0.5) is 5.69 Å². The van der Waals surface area contributed by atoms with E-state index in [1.807, 2.05) is 12.1 Å². The molecule has 0 saturated heterocycles. The van der Waals surface area contributed by atoms with E-state index in [-0.39, 0.29) is 5.91 Å². The van der Waals surface area contributed by atoms with Crippen molar-refractivity contribution in [3.63, 3.8) is 0 Å². The molecule has 0 bridgehead atoms. The molecule has 3 nitrogen and oxygen atoms in total. The third kappa shape index (κ3) is 2.67. The topological polar surface area (TPSA) is 55.1 Å². The number of carbonyl (C=O) groups excluding carboxylic acids is 1. The first-order valence-corrected chi connectivity index (χ1v) is 7.74. The normalized spacial score (nSPS) is 29.9. The number of primary amides is 1. The number of carbonyl (C=O) groups is 1. The molecule has 0 spiro atoms. The minimum atomic E-state index is -0.542. The summed E-state index contributed by atoms with van der Waals surface area (Å²) in [5.74, 6) is 1.33. The first kappa shape index (κ1) is 13.5. The van der Waals surface area contributed by atoms with Crippen LogP contribution in [0.2, 0.25) is 0 Å². The van der Waals surface area contributed by atoms with Gasteiger partial charge in [-0.25, -0.2) is 0 Å². The number of hydrogen-bond donors (Lipinski definition) is 2. The Morgan fingerprint density at radius 1 is 1.30 bits per heavy atom. The molecule has 2 aliphatic carbocycles. The van der Waals surface area contributed by atoms with Gasteiger partial charge >= 0.3 is 0 Å². The van der Waals surface area contributed by atoms with Crippen LogP contribution < -0.4 is 11.1 Å². The standard InChI is InChI=1S/C17H24N2O/c1-12-4-2-6-15(10-12)19-17(16(18)20)9-3-5-14(11-17)13-7-8-13/h2,4,6,10,13-14,19H,3,5,7-9,11H2,1H3,(H2,18,20). The predicted molar refractivity (Wildman–Crippen MR) is 81.4 cm³/mol. The third-order valence-corrected chi connectivity index (χ3v) is 4.95. The number of rotatable bonds is 4. The van der Waals surface area contributed by atoms with E-state index in [0.717, 1.165) is 30.9 Å². The average molecular weight is 272 g/mol. The molecule has 0 radical (unpaired) electrons. The summed E-state index contributed by atoms with van der Waals surface area (Å²) in [5.41, 5.74) is 7.44. The van der Waals surface area contributed by atoms with E-state index in [1.165, 1.54) is 24.8 Å². The summed E-state index contributed by atoms with van der Waals surface area (Å²) in [4.78, 5) is 12.1. The summed E-state index contributed by atoms with van der Waals surface area (Å²) in [5, 5.41) is 3.47. The second kappa shape index (κ2) is 5.12. The molecule has 2 fully saturated rings. The zero-order valence-corrected chi connectivity index (χ0v) is 12.2. The Labute approximate surface area is 120 Å². The molecule has 20 heavy (non-hydrogen) atoms. The predicted octanol–water partition coefficient (Wildman–Crippen LogP) is 3.23. The molecule has 2 saturated carbocycles. The highest BCUT2D eigenvalue weighted by atomic mass is 16.1. The summed E-state index contributed by atoms with van der Waals surface area (Å²) in [6, 6.07) is 8.20. The third-order valence-electron chi connectivity index (χ3n) is 4.95. The smallest absolute Gasteiger partial charge is 0.243 e. The van der Waals surface area contributed by atoms with E-state index in [1.54, 1.807) is 0 Å². The first-order chi connectivity index (χ1) is 9.59. The van der Waals surface area contributed by atoms with Gasteiger partial charge in [0.15, 0.2) is 0 Å². The highest BCUT2D eigenvalue weighted by molar-refractivity contribution is 5.88. The fourth-order valence-corrected chi connectivity index (χ4v) is 3.69. The summed E-state index contributed by atoms with van der Waals surface area (Å²) in [6.07, 6.45) is 6.80. The molecule has 108 valence electrons. The van der Waals surface area contributed by atoms with Crippen molar-refractivity contribution in [1.82, 2.24) is 0 Å². The molecule has 2 unspecified atom stereocenters. The van der Waals surface area contributed by atoms with Gasteiger partial charge < -0.3 is 11.1 Å². The van der Waals surface area contributed by atoms with Crippen LogP contribution >= 0.6 is 0 Å². The second-order valence-electron chi connectivity index (χ2n) is 6.63. The number of anilines is 1. The Balaban J connectivity index is 1.81. The molecule has 0 aromatic heterocycles. The van der Waals surface area contributed by atoms with Crippen LogP contribution in [-0.4, -0.2) is 11.4 Å². The Morgan fingerprint density at radius 3 is 2.75 bits per heavy atom. The average Bonchev–Trinajstić information content (AvgIpc) is 3.23. The minimum Gasteiger partial charge on any atom is -0.371 e. The van der Waals surface area contributed by atoms with Crippen LogP contribution in [0.5, 0.6) is 0 Å². The summed E-state index contributed by atoms with van der Waals surface area (Å²) < 4.78 is 0. The lowest BCUT2D eigenvalue weighted by Crippen LogP contribution is -2.53. The lowest BCUT2D eigenvalue weighted by atomic mass is 9.73. The Morgan fingerprint density at radius 2 is 2.10 bits per heavy atom. The number of nitrogens with two attached hydrogens (primary N) is 1. The molecule has 1 amide bonds. The Hall–Kier alpha value is -1.51. The van der Waals surface area contributed by atoms with Gasteiger partial charge in [0.2, 0.25) is 5.91 Å². The molecule has 2 atom stereocenters. The van der Waals surface area contributed by atoms with Gasteiger partial charge in [0, 0.05) is 5.69 Å². The van der Waals surface area contributed by atoms with Crippen molar-refractivity contribution in [1.29, 1.82) is 0 Å². The van der Waals surface area contributed by atoms with Crippen molar-refractivity contribution in [3.8, 4) is 0 Å². The maximum atomic E-state index is 12.1. The summed E-state index contributed by atoms with van der Waals surface area (Å²) in [7, 11) is 0. The van der Waals surface area contributed by atoms with Crippen LogP contribution in [0, 0.1) is 18.8 Å². The highest BCUT2D eigenvalue weighted by Gasteiger charge is 2.45. The fourth-order valence-electron chi connectivity index (χ4n) is 3.69. The zero-order chi connectivity index (χ0) is 14.2. The highest BCUT2D eigenvalue weighted by Crippen LogP contribution is 2.47. The van der Waals surface area contributed by atoms with Crippen molar-refractivity contribution in [3.05, 3.63) is 29.8 Å². The van der Waals surface area contributed by atoms with Crippen LogP contribution in [-0.2, 0) is 4.79 Å². The van der Waals surface area contributed by atoms with Crippen molar-refractivity contribution in [2.45, 2.75) is 51.0 Å². The van der Waals surface area contributed by atoms with Crippen molar-refractivity contribution in [2.75, 3.05) is 5.32 Å². The van der Waals surface area contributed by atoms with Gasteiger partial charge in [0.25, 0.3) is 0 Å². The molecule has 1 aromatic rings. The van der Waals surface area contributed by atoms with E-state index in [0.29, 0.717) is 5.92 Å². The number of benzene rings is 1. The molecule has 3 N–H and O–H groups in total. The van der Waals surface area contributed by atoms with Gasteiger partial charge in [-0.2, -0.15) is 0 Å². The van der Waals surface area contributed by atoms with Crippen LogP contribution in [0.3, 0.4) is 0 Å². The number of amides is 1. The fraction of sp³-hybridized carbons (Fsp3) is 0.588. The maximum Gasteiger partial charge on any atom is 0.243 e. The molecule has 0 aliphatic heterocycles. The number of hydrogen-bond acceptors (Lipinski definition) is 2. The molecule has 3 rings (SSSR count). The maximum absolute atomic E-state index is 12.1. The van der Waals surface area contributed by atoms with Crippen molar-refractivity contribution in [2.24, 2.45) is 17.6 Å². The van der Waals surface area contributed by atoms with Gasteiger partial charge in [-0.15, -0.1) is 0 Å². The molecular formula is C17H24N2O. The molecular weight excluding hydrogens is 248 g/mol. The quantitative estimate of drug-likeness (QED) is 0.884. The Kier molecular flexibility index (Phi) is 3.45. The summed E-state index contributed by atoms with van der Waals surface area (Å²) in [6.45, 7) is 2.07. The number of aryl methyl sites for hydroxylation is 1. The van der Waals surface area contributed by atoms with E-state index < -0.39 is 5.54 Å². The van der Waals surface area contributed by atoms with Crippen LogP contribution in [0.1, 0.15) is 44.1 Å². The van der Waals surface area contributed by atoms with E-state index >= 15 is 0 Å². The van der Waals surface area contributed by atoms with Gasteiger partial charge in [0.1, 0.15) is 5.54 Å². The van der Waals surface area contributed by atoms with Gasteiger partial charge in [-0.05, 0) is 68.6 Å². The molecule has 1 aromatic carbocycles. The first-order valence-electron chi connectivity index (χ1n) is 7.74. The van der Waals surface area contributed by atoms with Gasteiger partial charge in [-0.3, -0.25) is 4.79 Å². The SMILES string of the molecule is Cc1cccc(NC2(C(N)=O)CCCC(C3CC3)C2)c1. The van der Waals surface area contributed by atoms with Gasteiger partial charge in [0.05, 0.1) is 0 Å². The lowest BCUT2D eigenvalue weighted by Gasteiger charge is -2.40. The second-order valence-corrected chi connectivity index (χ2v) is 6.63. The van der Waals surface area contributed by atoms with E-state index in [9.17, 15) is 4.79 Å². The Bertz CT molecular complexity index is 509. The van der Waals surface area contributed by atoms with Gasteiger partial charge in [-0.1, -0.05) is 18.6 Å². The van der Waals surface area contributed by atoms with Crippen molar-refractivity contribution >= 4 is 11.6 Å². The monoisotopic (exact) mass is 272 g/mol. The van der Waals surface area contributed by atoms with Crippen molar-refractivity contribution < 1.29 is 4.79 Å². The van der Waals surface area contributed by atoms with E-state index in [4.69, 9.17) is 5.73 Å². The minimum absolute atomic E-state index is 0.190. The largest absolute Gasteiger partial charge is 0.371 e. The molecule has 3 heteroatoms. The van der Waals surface area contributed by atoms with Crippen LogP contribution in [0.15, 0.2) is 24.3 Å². The zero-order valence-electron chi connectivity index (χ0n) is 12.2. The van der Waals surface area contributed by atoms with E-state index in [2.05, 4.69) is 24.4 Å². The molecule has 2 aliphatic rings. The lowest BCUT2D eigenvalue weighted by molar-refractivity contribution is -0.124. The number of nitrogens with one attached hydrogen (secondary N) is 1. The summed E-state index contributed by atoms with van der Waals surface area (Å²) >= 11 is 0. The van der Waals surface area contributed by atoms with Crippen LogP contribution in [0.25, 0.3) is 0 Å². The molecule has 0 heterocycles.